The number of carbonyl (C=O) groups excluding carboxylic acids is 1. The summed E-state index contributed by atoms with van der Waals surface area (Å²) in [7, 11) is 3.83. The molecule has 3 heterocycles. The predicted octanol–water partition coefficient (Wildman–Crippen LogP) is 3.39. The lowest BCUT2D eigenvalue weighted by Gasteiger charge is -2.17. The summed E-state index contributed by atoms with van der Waals surface area (Å²) in [6, 6.07) is 15.8. The maximum Gasteiger partial charge on any atom is 0.272 e. The molecule has 1 amide bonds. The average Bonchev–Trinajstić information content (AvgIpc) is 2.96. The van der Waals surface area contributed by atoms with Gasteiger partial charge in [-0.1, -0.05) is 18.2 Å². The summed E-state index contributed by atoms with van der Waals surface area (Å²) < 4.78 is 2.12. The Hall–Kier alpha value is -3.21. The van der Waals surface area contributed by atoms with Gasteiger partial charge in [-0.2, -0.15) is 0 Å². The molecule has 0 saturated carbocycles. The first kappa shape index (κ1) is 15.3. The number of aryl methyl sites for hydroxylation is 1. The molecule has 4 aromatic rings. The highest BCUT2D eigenvalue weighted by Crippen LogP contribution is 2.20. The Morgan fingerprint density at radius 1 is 1.12 bits per heavy atom. The van der Waals surface area contributed by atoms with E-state index in [2.05, 4.69) is 32.7 Å². The number of nitrogens with zero attached hydrogens (tertiary/aromatic N) is 4. The topological polar surface area (TPSA) is 51.0 Å². The summed E-state index contributed by atoms with van der Waals surface area (Å²) in [5.41, 5.74) is 3.47. The Balaban J connectivity index is 1.61. The smallest absolute Gasteiger partial charge is 0.272 e. The highest BCUT2D eigenvalue weighted by molar-refractivity contribution is 5.94. The van der Waals surface area contributed by atoms with E-state index in [-0.39, 0.29) is 5.91 Å². The summed E-state index contributed by atoms with van der Waals surface area (Å²) in [6.45, 7) is 0.528. The van der Waals surface area contributed by atoms with E-state index >= 15 is 0 Å². The lowest BCUT2D eigenvalue weighted by molar-refractivity contribution is 0.0777. The van der Waals surface area contributed by atoms with Crippen LogP contribution in [-0.4, -0.2) is 32.4 Å². The van der Waals surface area contributed by atoms with Crippen LogP contribution in [0.3, 0.4) is 0 Å². The van der Waals surface area contributed by atoms with Crippen molar-refractivity contribution in [1.82, 2.24) is 19.4 Å². The third-order valence-corrected chi connectivity index (χ3v) is 4.51. The minimum Gasteiger partial charge on any atom is -0.346 e. The van der Waals surface area contributed by atoms with Crippen molar-refractivity contribution < 1.29 is 4.79 Å². The molecule has 0 spiro atoms. The normalized spacial score (nSPS) is 11.1. The molecule has 1 aromatic carbocycles. The SMILES string of the molecule is CN(Cc1cc2ccccc2n1C)C(=O)c1ccc2cnccc2n1. The molecule has 0 fully saturated rings. The van der Waals surface area contributed by atoms with Crippen LogP contribution in [0, 0.1) is 0 Å². The van der Waals surface area contributed by atoms with Crippen LogP contribution < -0.4 is 0 Å². The summed E-state index contributed by atoms with van der Waals surface area (Å²) >= 11 is 0. The number of hydrogen-bond acceptors (Lipinski definition) is 3. The molecular formula is C20H18N4O. The van der Waals surface area contributed by atoms with Gasteiger partial charge in [-0.15, -0.1) is 0 Å². The van der Waals surface area contributed by atoms with Gasteiger partial charge in [-0.25, -0.2) is 4.98 Å². The van der Waals surface area contributed by atoms with Crippen molar-refractivity contribution in [2.75, 3.05) is 7.05 Å². The van der Waals surface area contributed by atoms with E-state index < -0.39 is 0 Å². The standard InChI is InChI=1S/C20H18N4O/c1-23(13-16-11-14-5-3-4-6-19(14)24(16)2)20(25)18-8-7-15-12-21-10-9-17(15)22-18/h3-12H,13H2,1-2H3. The molecule has 0 N–H and O–H groups in total. The Morgan fingerprint density at radius 3 is 2.80 bits per heavy atom. The molecule has 0 aliphatic heterocycles. The number of benzene rings is 1. The summed E-state index contributed by atoms with van der Waals surface area (Å²) in [5, 5.41) is 2.10. The predicted molar refractivity (Wildman–Crippen MR) is 98.3 cm³/mol. The molecule has 25 heavy (non-hydrogen) atoms. The number of hydrogen-bond donors (Lipinski definition) is 0. The second-order valence-electron chi connectivity index (χ2n) is 6.18. The zero-order chi connectivity index (χ0) is 17.4. The molecule has 0 bridgehead atoms. The number of para-hydroxylation sites is 1. The van der Waals surface area contributed by atoms with E-state index in [1.54, 1.807) is 30.4 Å². The van der Waals surface area contributed by atoms with Gasteiger partial charge in [0.1, 0.15) is 5.69 Å². The minimum atomic E-state index is -0.0935. The number of amides is 1. The monoisotopic (exact) mass is 330 g/mol. The first-order valence-electron chi connectivity index (χ1n) is 8.13. The molecule has 0 aliphatic rings. The Kier molecular flexibility index (Phi) is 3.69. The van der Waals surface area contributed by atoms with E-state index in [4.69, 9.17) is 0 Å². The van der Waals surface area contributed by atoms with Crippen LogP contribution in [0.4, 0.5) is 0 Å². The largest absolute Gasteiger partial charge is 0.346 e. The van der Waals surface area contributed by atoms with E-state index in [1.807, 2.05) is 31.3 Å². The zero-order valence-electron chi connectivity index (χ0n) is 14.2. The van der Waals surface area contributed by atoms with Crippen LogP contribution in [0.1, 0.15) is 16.2 Å². The Labute approximate surface area is 145 Å². The molecule has 0 aliphatic carbocycles. The van der Waals surface area contributed by atoms with Crippen molar-refractivity contribution in [3.05, 3.63) is 72.3 Å². The van der Waals surface area contributed by atoms with Crippen LogP contribution in [-0.2, 0) is 13.6 Å². The number of aromatic nitrogens is 3. The quantitative estimate of drug-likeness (QED) is 0.578. The molecular weight excluding hydrogens is 312 g/mol. The fraction of sp³-hybridized carbons (Fsp3) is 0.150. The van der Waals surface area contributed by atoms with Crippen molar-refractivity contribution in [2.24, 2.45) is 7.05 Å². The van der Waals surface area contributed by atoms with Gasteiger partial charge in [0.25, 0.3) is 5.91 Å². The van der Waals surface area contributed by atoms with Gasteiger partial charge in [0.05, 0.1) is 12.1 Å². The fourth-order valence-electron chi connectivity index (χ4n) is 3.09. The van der Waals surface area contributed by atoms with Crippen molar-refractivity contribution in [2.45, 2.75) is 6.54 Å². The molecule has 5 heteroatoms. The van der Waals surface area contributed by atoms with E-state index in [1.165, 1.54) is 5.39 Å². The van der Waals surface area contributed by atoms with Crippen molar-refractivity contribution in [3.63, 3.8) is 0 Å². The molecule has 3 aromatic heterocycles. The van der Waals surface area contributed by atoms with Crippen LogP contribution in [0.2, 0.25) is 0 Å². The van der Waals surface area contributed by atoms with Gasteiger partial charge in [0.2, 0.25) is 0 Å². The van der Waals surface area contributed by atoms with Gasteiger partial charge in [-0.05, 0) is 35.7 Å². The van der Waals surface area contributed by atoms with Crippen LogP contribution in [0.25, 0.3) is 21.8 Å². The number of rotatable bonds is 3. The van der Waals surface area contributed by atoms with Crippen molar-refractivity contribution in [1.29, 1.82) is 0 Å². The molecule has 4 rings (SSSR count). The highest BCUT2D eigenvalue weighted by Gasteiger charge is 2.16. The first-order chi connectivity index (χ1) is 12.1. The molecule has 0 radical (unpaired) electrons. The molecule has 0 unspecified atom stereocenters. The Morgan fingerprint density at radius 2 is 1.96 bits per heavy atom. The minimum absolute atomic E-state index is 0.0935. The molecule has 0 atom stereocenters. The van der Waals surface area contributed by atoms with Gasteiger partial charge >= 0.3 is 0 Å². The number of fused-ring (bicyclic) bond motifs is 2. The summed E-state index contributed by atoms with van der Waals surface area (Å²) in [4.78, 5) is 23.0. The van der Waals surface area contributed by atoms with Crippen LogP contribution in [0.15, 0.2) is 60.9 Å². The van der Waals surface area contributed by atoms with Crippen LogP contribution in [0.5, 0.6) is 0 Å². The van der Waals surface area contributed by atoms with Crippen LogP contribution >= 0.6 is 0 Å². The third kappa shape index (κ3) is 2.74. The summed E-state index contributed by atoms with van der Waals surface area (Å²) in [6.07, 6.45) is 3.43. The van der Waals surface area contributed by atoms with E-state index in [0.717, 1.165) is 22.1 Å². The highest BCUT2D eigenvalue weighted by atomic mass is 16.2. The number of pyridine rings is 2. The summed E-state index contributed by atoms with van der Waals surface area (Å²) in [5.74, 6) is -0.0935. The van der Waals surface area contributed by atoms with E-state index in [9.17, 15) is 4.79 Å². The van der Waals surface area contributed by atoms with Gasteiger partial charge < -0.3 is 9.47 Å². The second-order valence-corrected chi connectivity index (χ2v) is 6.18. The maximum absolute atomic E-state index is 12.8. The molecule has 124 valence electrons. The maximum atomic E-state index is 12.8. The average molecular weight is 330 g/mol. The van der Waals surface area contributed by atoms with Crippen molar-refractivity contribution >= 4 is 27.7 Å². The lowest BCUT2D eigenvalue weighted by Crippen LogP contribution is -2.27. The van der Waals surface area contributed by atoms with E-state index in [0.29, 0.717) is 12.2 Å². The van der Waals surface area contributed by atoms with Crippen molar-refractivity contribution in [3.8, 4) is 0 Å². The van der Waals surface area contributed by atoms with Gasteiger partial charge in [-0.3, -0.25) is 9.78 Å². The van der Waals surface area contributed by atoms with Gasteiger partial charge in [0, 0.05) is 43.1 Å². The third-order valence-electron chi connectivity index (χ3n) is 4.51. The second kappa shape index (κ2) is 6.02. The first-order valence-corrected chi connectivity index (χ1v) is 8.13. The zero-order valence-corrected chi connectivity index (χ0v) is 14.2. The Bertz CT molecular complexity index is 1080. The van der Waals surface area contributed by atoms with Gasteiger partial charge in [0.15, 0.2) is 0 Å². The fourth-order valence-corrected chi connectivity index (χ4v) is 3.09. The molecule has 0 saturated heterocycles. The molecule has 5 nitrogen and oxygen atoms in total. The number of carbonyl (C=O) groups is 1. The lowest BCUT2D eigenvalue weighted by atomic mass is 10.2.